The van der Waals surface area contributed by atoms with Gasteiger partial charge in [-0.15, -0.1) is 0 Å². The Morgan fingerprint density at radius 2 is 1.79 bits per heavy atom. The lowest BCUT2D eigenvalue weighted by molar-refractivity contribution is -0.126. The third kappa shape index (κ3) is 5.98. The number of hydrogen-bond acceptors (Lipinski definition) is 3. The predicted molar refractivity (Wildman–Crippen MR) is 128 cm³/mol. The van der Waals surface area contributed by atoms with Crippen LogP contribution in [0.5, 0.6) is 0 Å². The number of amides is 3. The van der Waals surface area contributed by atoms with Crippen molar-refractivity contribution in [2.24, 2.45) is 5.92 Å². The van der Waals surface area contributed by atoms with E-state index >= 15 is 0 Å². The number of carbonyl (C=O) groups excluding carboxylic acids is 2. The van der Waals surface area contributed by atoms with Crippen molar-refractivity contribution >= 4 is 11.9 Å². The molecule has 3 amide bonds. The van der Waals surface area contributed by atoms with Crippen molar-refractivity contribution in [1.29, 1.82) is 0 Å². The third-order valence-electron chi connectivity index (χ3n) is 6.22. The van der Waals surface area contributed by atoms with Crippen LogP contribution in [-0.2, 0) is 17.9 Å². The van der Waals surface area contributed by atoms with E-state index in [1.54, 1.807) is 24.1 Å². The summed E-state index contributed by atoms with van der Waals surface area (Å²) in [6.45, 7) is 3.26. The third-order valence-corrected chi connectivity index (χ3v) is 6.22. The minimum atomic E-state index is -0.379. The van der Waals surface area contributed by atoms with Gasteiger partial charge in [0, 0.05) is 31.7 Å². The van der Waals surface area contributed by atoms with Crippen molar-refractivity contribution < 1.29 is 14.0 Å². The number of nitrogens with zero attached hydrogens (tertiary/aromatic N) is 2. The Labute approximate surface area is 199 Å². The number of nitrogens with one attached hydrogen (secondary N) is 2. The summed E-state index contributed by atoms with van der Waals surface area (Å²) in [4.78, 5) is 32.0. The Morgan fingerprint density at radius 1 is 1.00 bits per heavy atom. The van der Waals surface area contributed by atoms with E-state index in [4.69, 9.17) is 0 Å². The van der Waals surface area contributed by atoms with Gasteiger partial charge in [-0.1, -0.05) is 48.5 Å². The van der Waals surface area contributed by atoms with Crippen LogP contribution in [-0.4, -0.2) is 34.9 Å². The summed E-state index contributed by atoms with van der Waals surface area (Å²) in [7, 11) is 0. The molecule has 2 atom stereocenters. The molecule has 2 heterocycles. The van der Waals surface area contributed by atoms with Crippen LogP contribution in [0, 0.1) is 18.7 Å². The molecule has 6 nitrogen and oxygen atoms in total. The summed E-state index contributed by atoms with van der Waals surface area (Å²) >= 11 is 0. The average Bonchev–Trinajstić information content (AvgIpc) is 2.88. The fraction of sp³-hybridized carbons (Fsp3) is 0.296. The molecule has 1 aliphatic heterocycles. The summed E-state index contributed by atoms with van der Waals surface area (Å²) in [5, 5.41) is 5.92. The van der Waals surface area contributed by atoms with Gasteiger partial charge in [-0.25, -0.2) is 9.18 Å². The van der Waals surface area contributed by atoms with Gasteiger partial charge in [-0.3, -0.25) is 9.78 Å². The topological polar surface area (TPSA) is 74.3 Å². The minimum Gasteiger partial charge on any atom is -0.350 e. The zero-order valence-electron chi connectivity index (χ0n) is 19.2. The van der Waals surface area contributed by atoms with Gasteiger partial charge >= 0.3 is 6.03 Å². The van der Waals surface area contributed by atoms with Crippen molar-refractivity contribution in [1.82, 2.24) is 20.5 Å². The SMILES string of the molecule is Cc1cc([C@@H]2C[C@H](C(=O)NCc3ccccn3)CN(C(=O)NCc3ccccc3)C2)ccc1F. The second kappa shape index (κ2) is 10.9. The van der Waals surface area contributed by atoms with Crippen molar-refractivity contribution in [3.63, 3.8) is 0 Å². The Balaban J connectivity index is 1.47. The predicted octanol–water partition coefficient (Wildman–Crippen LogP) is 4.16. The number of likely N-dealkylation sites (tertiary alicyclic amines) is 1. The molecule has 0 radical (unpaired) electrons. The van der Waals surface area contributed by atoms with Crippen LogP contribution in [0.2, 0.25) is 0 Å². The number of urea groups is 1. The number of carbonyl (C=O) groups is 2. The fourth-order valence-electron chi connectivity index (χ4n) is 4.33. The highest BCUT2D eigenvalue weighted by atomic mass is 19.1. The molecule has 1 fully saturated rings. The van der Waals surface area contributed by atoms with Gasteiger partial charge in [0.1, 0.15) is 5.82 Å². The minimum absolute atomic E-state index is 0.0684. The summed E-state index contributed by atoms with van der Waals surface area (Å²) in [5.74, 6) is -0.826. The Bertz CT molecular complexity index is 1060. The molecule has 0 unspecified atom stereocenters. The molecule has 1 saturated heterocycles. The van der Waals surface area contributed by atoms with Crippen LogP contribution in [0.3, 0.4) is 0 Å². The van der Waals surface area contributed by atoms with E-state index in [0.717, 1.165) is 16.8 Å². The van der Waals surface area contributed by atoms with E-state index in [9.17, 15) is 14.0 Å². The molecule has 2 aromatic carbocycles. The molecule has 176 valence electrons. The van der Waals surface area contributed by atoms with E-state index in [1.165, 1.54) is 6.07 Å². The number of aryl methyl sites for hydroxylation is 1. The number of aromatic nitrogens is 1. The second-order valence-electron chi connectivity index (χ2n) is 8.73. The maximum absolute atomic E-state index is 13.9. The molecule has 0 saturated carbocycles. The summed E-state index contributed by atoms with van der Waals surface area (Å²) < 4.78 is 13.9. The highest BCUT2D eigenvalue weighted by Crippen LogP contribution is 2.31. The number of piperidine rings is 1. The van der Waals surface area contributed by atoms with Crippen molar-refractivity contribution in [3.05, 3.63) is 101 Å². The summed E-state index contributed by atoms with van der Waals surface area (Å²) in [5.41, 5.74) is 3.26. The highest BCUT2D eigenvalue weighted by molar-refractivity contribution is 5.81. The van der Waals surface area contributed by atoms with Crippen molar-refractivity contribution in [2.45, 2.75) is 32.4 Å². The normalized spacial score (nSPS) is 17.8. The molecule has 0 bridgehead atoms. The first-order valence-corrected chi connectivity index (χ1v) is 11.5. The van der Waals surface area contributed by atoms with Gasteiger partial charge in [0.15, 0.2) is 0 Å². The Hall–Kier alpha value is -3.74. The van der Waals surface area contributed by atoms with Gasteiger partial charge in [-0.2, -0.15) is 0 Å². The van der Waals surface area contributed by atoms with E-state index in [-0.39, 0.29) is 29.6 Å². The maximum Gasteiger partial charge on any atom is 0.317 e. The number of benzene rings is 2. The number of halogens is 1. The molecule has 1 aliphatic rings. The van der Waals surface area contributed by atoms with Crippen LogP contribution in [0.4, 0.5) is 9.18 Å². The molecule has 1 aromatic heterocycles. The number of rotatable bonds is 6. The Kier molecular flexibility index (Phi) is 7.52. The van der Waals surface area contributed by atoms with Crippen LogP contribution < -0.4 is 10.6 Å². The first-order valence-electron chi connectivity index (χ1n) is 11.5. The van der Waals surface area contributed by atoms with E-state index in [2.05, 4.69) is 15.6 Å². The maximum atomic E-state index is 13.9. The molecular weight excluding hydrogens is 431 g/mol. The molecule has 0 spiro atoms. The molecule has 4 rings (SSSR count). The van der Waals surface area contributed by atoms with Gasteiger partial charge < -0.3 is 15.5 Å². The lowest BCUT2D eigenvalue weighted by atomic mass is 9.83. The van der Waals surface area contributed by atoms with Crippen LogP contribution in [0.15, 0.2) is 72.9 Å². The zero-order valence-corrected chi connectivity index (χ0v) is 19.2. The van der Waals surface area contributed by atoms with Gasteiger partial charge in [-0.05, 0) is 48.2 Å². The largest absolute Gasteiger partial charge is 0.350 e. The van der Waals surface area contributed by atoms with Crippen LogP contribution >= 0.6 is 0 Å². The van der Waals surface area contributed by atoms with Crippen LogP contribution in [0.25, 0.3) is 0 Å². The van der Waals surface area contributed by atoms with Gasteiger partial charge in [0.2, 0.25) is 5.91 Å². The second-order valence-corrected chi connectivity index (χ2v) is 8.73. The Morgan fingerprint density at radius 3 is 2.53 bits per heavy atom. The molecule has 34 heavy (non-hydrogen) atoms. The monoisotopic (exact) mass is 460 g/mol. The zero-order chi connectivity index (χ0) is 23.9. The quantitative estimate of drug-likeness (QED) is 0.580. The number of hydrogen-bond donors (Lipinski definition) is 2. The van der Waals surface area contributed by atoms with Crippen molar-refractivity contribution in [2.75, 3.05) is 13.1 Å². The standard InChI is InChI=1S/C27H29FN4O2/c1-19-13-21(10-11-25(19)28)22-14-23(26(33)30-16-24-9-5-6-12-29-24)18-32(17-22)27(34)31-15-20-7-3-2-4-8-20/h2-13,22-23H,14-18H2,1H3,(H,30,33)(H,31,34)/t22-,23+/m1/s1. The highest BCUT2D eigenvalue weighted by Gasteiger charge is 2.34. The lowest BCUT2D eigenvalue weighted by Gasteiger charge is -2.37. The lowest BCUT2D eigenvalue weighted by Crippen LogP contribution is -2.50. The fourth-order valence-corrected chi connectivity index (χ4v) is 4.33. The molecule has 2 N–H and O–H groups in total. The summed E-state index contributed by atoms with van der Waals surface area (Å²) in [6, 6.07) is 20.1. The van der Waals surface area contributed by atoms with Gasteiger partial charge in [0.05, 0.1) is 18.2 Å². The van der Waals surface area contributed by atoms with Gasteiger partial charge in [0.25, 0.3) is 0 Å². The molecule has 3 aromatic rings. The summed E-state index contributed by atoms with van der Waals surface area (Å²) in [6.07, 6.45) is 2.27. The first-order chi connectivity index (χ1) is 16.5. The smallest absolute Gasteiger partial charge is 0.317 e. The van der Waals surface area contributed by atoms with E-state index in [0.29, 0.717) is 38.2 Å². The molecule has 0 aliphatic carbocycles. The number of pyridine rings is 1. The van der Waals surface area contributed by atoms with Crippen LogP contribution in [0.1, 0.15) is 34.7 Å². The molecular formula is C27H29FN4O2. The molecule has 7 heteroatoms. The van der Waals surface area contributed by atoms with E-state index in [1.807, 2.05) is 54.6 Å². The first kappa shape index (κ1) is 23.4. The average molecular weight is 461 g/mol. The van der Waals surface area contributed by atoms with E-state index < -0.39 is 0 Å². The van der Waals surface area contributed by atoms with Crippen molar-refractivity contribution in [3.8, 4) is 0 Å².